The number of hydrogen-bond acceptors (Lipinski definition) is 7. The maximum Gasteiger partial charge on any atom is 0.253 e. The Morgan fingerprint density at radius 1 is 0.754 bits per heavy atom. The highest BCUT2D eigenvalue weighted by atomic mass is 32.2. The quantitative estimate of drug-likeness (QED) is 0.155. The molecule has 0 spiro atoms. The molecule has 2 heterocycles. The van der Waals surface area contributed by atoms with Gasteiger partial charge in [0.15, 0.2) is 0 Å². The second-order valence-corrected chi connectivity index (χ2v) is 17.9. The molecule has 1 aliphatic carbocycles. The summed E-state index contributed by atoms with van der Waals surface area (Å²) in [5.41, 5.74) is 6.90. The summed E-state index contributed by atoms with van der Waals surface area (Å²) in [5, 5.41) is 5.95. The lowest BCUT2D eigenvalue weighted by molar-refractivity contribution is -0.141. The molecule has 0 radical (unpaired) electrons. The number of nitrogens with one attached hydrogen (secondary N) is 2. The zero-order valence-corrected chi connectivity index (χ0v) is 34.5. The number of carbonyl (C=O) groups excluding carboxylic acids is 5. The normalized spacial score (nSPS) is 22.2. The summed E-state index contributed by atoms with van der Waals surface area (Å²) >= 11 is 0. The topological polar surface area (TPSA) is 179 Å². The van der Waals surface area contributed by atoms with E-state index < -0.39 is 45.6 Å². The number of sulfonamides is 1. The molecule has 5 atom stereocenters. The number of nitrogens with two attached hydrogens (primary N) is 1. The SMILES string of the molecule is CCCCCCCCCCCCCCNC(=O)[C@@H]1CN(S(=O)(=O)c2cccc(C(=O)N3C[C@@H](C(N)=O)[C@H](C(=O)N[C@H]4C[C@@H]4c4ccccc4)C3)c2)CCN1C(C)=O. The Labute approximate surface area is 338 Å². The van der Waals surface area contributed by atoms with Crippen molar-refractivity contribution in [2.75, 3.05) is 39.3 Å². The zero-order valence-electron chi connectivity index (χ0n) is 33.7. The van der Waals surface area contributed by atoms with E-state index in [1.54, 1.807) is 0 Å². The van der Waals surface area contributed by atoms with Gasteiger partial charge in [-0.15, -0.1) is 0 Å². The highest BCUT2D eigenvalue weighted by molar-refractivity contribution is 7.89. The van der Waals surface area contributed by atoms with Crippen molar-refractivity contribution in [3.63, 3.8) is 0 Å². The van der Waals surface area contributed by atoms with Gasteiger partial charge in [0, 0.05) is 63.7 Å². The Morgan fingerprint density at radius 2 is 1.39 bits per heavy atom. The van der Waals surface area contributed by atoms with Crippen LogP contribution >= 0.6 is 0 Å². The van der Waals surface area contributed by atoms with Gasteiger partial charge >= 0.3 is 0 Å². The third kappa shape index (κ3) is 11.9. The molecule has 13 nitrogen and oxygen atoms in total. The average molecular weight is 807 g/mol. The molecule has 5 amide bonds. The van der Waals surface area contributed by atoms with E-state index in [0.29, 0.717) is 6.54 Å². The number of carbonyl (C=O) groups is 5. The van der Waals surface area contributed by atoms with Crippen molar-refractivity contribution in [1.29, 1.82) is 0 Å². The van der Waals surface area contributed by atoms with E-state index in [4.69, 9.17) is 5.73 Å². The van der Waals surface area contributed by atoms with Crippen molar-refractivity contribution in [1.82, 2.24) is 24.7 Å². The van der Waals surface area contributed by atoms with Crippen molar-refractivity contribution in [3.05, 3.63) is 65.7 Å². The zero-order chi connectivity index (χ0) is 41.0. The summed E-state index contributed by atoms with van der Waals surface area (Å²) in [5.74, 6) is -3.81. The maximum atomic E-state index is 14.0. The number of nitrogens with zero attached hydrogens (tertiary/aromatic N) is 3. The summed E-state index contributed by atoms with van der Waals surface area (Å²) in [6, 6.07) is 14.4. The largest absolute Gasteiger partial charge is 0.369 e. The highest BCUT2D eigenvalue weighted by Crippen LogP contribution is 2.41. The number of amides is 5. The molecule has 3 aliphatic rings. The van der Waals surface area contributed by atoms with Gasteiger partial charge in [0.1, 0.15) is 6.04 Å². The summed E-state index contributed by atoms with van der Waals surface area (Å²) in [6.07, 6.45) is 15.2. The third-order valence-corrected chi connectivity index (χ3v) is 13.6. The number of hydrogen-bond donors (Lipinski definition) is 3. The number of rotatable bonds is 21. The maximum absolute atomic E-state index is 14.0. The van der Waals surface area contributed by atoms with Crippen LogP contribution in [0, 0.1) is 11.8 Å². The second-order valence-electron chi connectivity index (χ2n) is 16.0. The van der Waals surface area contributed by atoms with Crippen molar-refractivity contribution in [2.45, 2.75) is 120 Å². The Balaban J connectivity index is 1.13. The van der Waals surface area contributed by atoms with Crippen molar-refractivity contribution >= 4 is 39.6 Å². The van der Waals surface area contributed by atoms with Gasteiger partial charge in [-0.1, -0.05) is 114 Å². The van der Waals surface area contributed by atoms with Crippen LogP contribution in [0.3, 0.4) is 0 Å². The van der Waals surface area contributed by atoms with E-state index in [1.807, 2.05) is 30.3 Å². The number of likely N-dealkylation sites (tertiary alicyclic amines) is 1. The molecule has 5 rings (SSSR count). The van der Waals surface area contributed by atoms with Crippen LogP contribution in [0.1, 0.15) is 119 Å². The number of unbranched alkanes of at least 4 members (excludes halogenated alkanes) is 11. The van der Waals surface area contributed by atoms with Gasteiger partial charge in [0.05, 0.1) is 16.7 Å². The molecule has 2 aliphatic heterocycles. The fourth-order valence-corrected chi connectivity index (χ4v) is 9.71. The standard InChI is InChI=1S/C43H62N6O7S/c1-3-4-5-6-7-8-9-10-11-12-13-17-23-45-42(53)39-30-48(24-25-49(39)31(2)50)57(55,56)34-22-18-21-33(26-34)43(54)47-28-36(40(44)51)37(29-47)41(52)46-38-27-35(38)32-19-15-14-16-20-32/h14-16,18-22,26,35-39H,3-13,17,23-25,27-30H2,1-2H3,(H2,44,51)(H,45,53)(H,46,52)/t35-,36-,37-,38+,39+/m1/s1. The predicted octanol–water partition coefficient (Wildman–Crippen LogP) is 4.57. The van der Waals surface area contributed by atoms with Gasteiger partial charge in [0.2, 0.25) is 33.7 Å². The van der Waals surface area contributed by atoms with Crippen molar-refractivity contribution < 1.29 is 32.4 Å². The summed E-state index contributed by atoms with van der Waals surface area (Å²) in [7, 11) is -4.18. The van der Waals surface area contributed by atoms with E-state index in [2.05, 4.69) is 17.6 Å². The molecule has 312 valence electrons. The van der Waals surface area contributed by atoms with Crippen LogP contribution in [0.2, 0.25) is 0 Å². The second kappa shape index (κ2) is 20.9. The van der Waals surface area contributed by atoms with Crippen LogP contribution in [0.5, 0.6) is 0 Å². The van der Waals surface area contributed by atoms with E-state index in [9.17, 15) is 32.4 Å². The van der Waals surface area contributed by atoms with Gasteiger partial charge in [-0.05, 0) is 36.6 Å². The first-order chi connectivity index (χ1) is 27.4. The van der Waals surface area contributed by atoms with Crippen LogP contribution in [0.25, 0.3) is 0 Å². The minimum Gasteiger partial charge on any atom is -0.369 e. The van der Waals surface area contributed by atoms with Crippen LogP contribution in [-0.4, -0.2) is 103 Å². The summed E-state index contributed by atoms with van der Waals surface area (Å²) in [6.45, 7) is 3.74. The average Bonchev–Trinajstić information content (AvgIpc) is 3.82. The number of piperazine rings is 1. The highest BCUT2D eigenvalue weighted by Gasteiger charge is 2.46. The van der Waals surface area contributed by atoms with Gasteiger partial charge < -0.3 is 26.2 Å². The number of benzene rings is 2. The minimum atomic E-state index is -4.18. The molecule has 4 N–H and O–H groups in total. The van der Waals surface area contributed by atoms with Crippen molar-refractivity contribution in [2.24, 2.45) is 17.6 Å². The van der Waals surface area contributed by atoms with Gasteiger partial charge in [0.25, 0.3) is 5.91 Å². The van der Waals surface area contributed by atoms with Crippen LogP contribution in [0.4, 0.5) is 0 Å². The van der Waals surface area contributed by atoms with Crippen LogP contribution in [0.15, 0.2) is 59.5 Å². The molecule has 2 aromatic carbocycles. The predicted molar refractivity (Wildman–Crippen MR) is 218 cm³/mol. The van der Waals surface area contributed by atoms with Gasteiger partial charge in [-0.25, -0.2) is 8.42 Å². The monoisotopic (exact) mass is 806 g/mol. The molecule has 0 aromatic heterocycles. The number of primary amides is 1. The summed E-state index contributed by atoms with van der Waals surface area (Å²) in [4.78, 5) is 68.1. The Hall–Kier alpha value is -4.30. The van der Waals surface area contributed by atoms with E-state index >= 15 is 0 Å². The third-order valence-electron chi connectivity index (χ3n) is 11.8. The Kier molecular flexibility index (Phi) is 16.1. The molecule has 57 heavy (non-hydrogen) atoms. The van der Waals surface area contributed by atoms with Crippen LogP contribution in [-0.2, 0) is 29.2 Å². The molecular weight excluding hydrogens is 745 g/mol. The van der Waals surface area contributed by atoms with E-state index in [1.165, 1.54) is 103 Å². The smallest absolute Gasteiger partial charge is 0.253 e. The molecule has 3 fully saturated rings. The first-order valence-electron chi connectivity index (χ1n) is 21.0. The van der Waals surface area contributed by atoms with E-state index in [0.717, 1.165) is 31.2 Å². The molecule has 0 bridgehead atoms. The fourth-order valence-electron chi connectivity index (χ4n) is 8.23. The Morgan fingerprint density at radius 3 is 2.02 bits per heavy atom. The fraction of sp³-hybridized carbons (Fsp3) is 0.605. The van der Waals surface area contributed by atoms with E-state index in [-0.39, 0.29) is 67.0 Å². The van der Waals surface area contributed by atoms with Crippen LogP contribution < -0.4 is 16.4 Å². The first-order valence-corrected chi connectivity index (χ1v) is 22.4. The lowest BCUT2D eigenvalue weighted by Gasteiger charge is -2.39. The first kappa shape index (κ1) is 43.8. The molecule has 0 unspecified atom stereocenters. The lowest BCUT2D eigenvalue weighted by Crippen LogP contribution is -2.61. The van der Waals surface area contributed by atoms with Gasteiger partial charge in [-0.3, -0.25) is 24.0 Å². The Bertz CT molecular complexity index is 1810. The molecule has 2 aromatic rings. The van der Waals surface area contributed by atoms with Gasteiger partial charge in [-0.2, -0.15) is 4.31 Å². The lowest BCUT2D eigenvalue weighted by atomic mass is 9.94. The molecular formula is C43H62N6O7S. The molecule has 2 saturated heterocycles. The molecule has 1 saturated carbocycles. The molecule has 14 heteroatoms. The minimum absolute atomic E-state index is 0.0159. The van der Waals surface area contributed by atoms with Crippen molar-refractivity contribution in [3.8, 4) is 0 Å². The summed E-state index contributed by atoms with van der Waals surface area (Å²) < 4.78 is 29.2.